The van der Waals surface area contributed by atoms with Crippen LogP contribution in [0.2, 0.25) is 0 Å². The van der Waals surface area contributed by atoms with Crippen molar-refractivity contribution in [2.75, 3.05) is 11.8 Å². The van der Waals surface area contributed by atoms with Gasteiger partial charge in [-0.25, -0.2) is 8.42 Å². The van der Waals surface area contributed by atoms with Crippen molar-refractivity contribution in [2.24, 2.45) is 7.05 Å². The Morgan fingerprint density at radius 1 is 1.24 bits per heavy atom. The van der Waals surface area contributed by atoms with Gasteiger partial charge in [0.15, 0.2) is 0 Å². The Labute approximate surface area is 130 Å². The Balaban J connectivity index is 2.35. The fraction of sp³-hybridized carbons (Fsp3) is 0.154. The van der Waals surface area contributed by atoms with Gasteiger partial charge in [0.1, 0.15) is 5.75 Å². The Morgan fingerprint density at radius 3 is 2.52 bits per heavy atom. The molecule has 112 valence electrons. The van der Waals surface area contributed by atoms with Gasteiger partial charge in [0.25, 0.3) is 10.0 Å². The fourth-order valence-electron chi connectivity index (χ4n) is 1.68. The van der Waals surface area contributed by atoms with Crippen molar-refractivity contribution in [1.29, 1.82) is 0 Å². The highest BCUT2D eigenvalue weighted by atomic mass is 79.9. The molecular weight excluding hydrogens is 360 g/mol. The highest BCUT2D eigenvalue weighted by Gasteiger charge is 2.16. The number of hydrogen-bond donors (Lipinski definition) is 1. The molecule has 0 atom stereocenters. The molecule has 0 saturated heterocycles. The van der Waals surface area contributed by atoms with E-state index in [1.807, 2.05) is 0 Å². The number of ether oxygens (including phenoxy) is 1. The topological polar surface area (TPSA) is 77.4 Å². The lowest BCUT2D eigenvalue weighted by atomic mass is 10.3. The van der Waals surface area contributed by atoms with E-state index in [9.17, 15) is 13.2 Å². The molecule has 2 rings (SSSR count). The van der Waals surface area contributed by atoms with Gasteiger partial charge in [0, 0.05) is 19.3 Å². The Morgan fingerprint density at radius 2 is 1.95 bits per heavy atom. The summed E-state index contributed by atoms with van der Waals surface area (Å²) in [5, 5.41) is 0. The van der Waals surface area contributed by atoms with Crippen LogP contribution in [0.5, 0.6) is 5.75 Å². The van der Waals surface area contributed by atoms with Crippen LogP contribution >= 0.6 is 15.9 Å². The molecule has 0 aliphatic rings. The summed E-state index contributed by atoms with van der Waals surface area (Å²) in [6.07, 6.45) is 1.42. The average Bonchev–Trinajstić information content (AvgIpc) is 2.42. The summed E-state index contributed by atoms with van der Waals surface area (Å²) in [6.45, 7) is 0. The van der Waals surface area contributed by atoms with Gasteiger partial charge in [-0.1, -0.05) is 0 Å². The van der Waals surface area contributed by atoms with E-state index in [0.717, 1.165) is 0 Å². The van der Waals surface area contributed by atoms with Crippen molar-refractivity contribution in [3.8, 4) is 5.75 Å². The third kappa shape index (κ3) is 3.45. The van der Waals surface area contributed by atoms with E-state index in [2.05, 4.69) is 20.7 Å². The monoisotopic (exact) mass is 372 g/mol. The summed E-state index contributed by atoms with van der Waals surface area (Å²) < 4.78 is 33.9. The quantitative estimate of drug-likeness (QED) is 0.889. The van der Waals surface area contributed by atoms with Crippen LogP contribution in [0.4, 0.5) is 5.69 Å². The number of benzene rings is 1. The van der Waals surface area contributed by atoms with Gasteiger partial charge in [0.05, 0.1) is 22.2 Å². The fourth-order valence-corrected chi connectivity index (χ4v) is 3.44. The lowest BCUT2D eigenvalue weighted by molar-refractivity contribution is 0.411. The highest BCUT2D eigenvalue weighted by molar-refractivity contribution is 9.10. The molecule has 1 aromatic heterocycles. The molecule has 1 aromatic carbocycles. The first-order chi connectivity index (χ1) is 9.83. The van der Waals surface area contributed by atoms with Gasteiger partial charge < -0.3 is 9.30 Å². The molecule has 0 aliphatic carbocycles. The van der Waals surface area contributed by atoms with Crippen molar-refractivity contribution in [3.05, 3.63) is 51.4 Å². The number of halogens is 1. The maximum absolute atomic E-state index is 12.3. The first-order valence-electron chi connectivity index (χ1n) is 5.86. The van der Waals surface area contributed by atoms with Crippen LogP contribution in [0.25, 0.3) is 0 Å². The molecule has 6 nitrogen and oxygen atoms in total. The number of rotatable bonds is 4. The summed E-state index contributed by atoms with van der Waals surface area (Å²) in [5.41, 5.74) is 0.0918. The van der Waals surface area contributed by atoms with Gasteiger partial charge in [-0.15, -0.1) is 0 Å². The SMILES string of the molecule is COc1ccc(S(=O)(=O)Nc2ccc(=O)n(C)c2)cc1Br. The first kappa shape index (κ1) is 15.6. The Kier molecular flexibility index (Phi) is 4.38. The van der Waals surface area contributed by atoms with Gasteiger partial charge in [-0.3, -0.25) is 9.52 Å². The number of pyridine rings is 1. The molecule has 0 radical (unpaired) electrons. The van der Waals surface area contributed by atoms with Gasteiger partial charge in [-0.2, -0.15) is 0 Å². The van der Waals surface area contributed by atoms with Crippen molar-refractivity contribution in [1.82, 2.24) is 4.57 Å². The molecule has 1 heterocycles. The van der Waals surface area contributed by atoms with Crippen LogP contribution in [0, 0.1) is 0 Å². The summed E-state index contributed by atoms with van der Waals surface area (Å²) >= 11 is 3.24. The molecule has 0 fully saturated rings. The highest BCUT2D eigenvalue weighted by Crippen LogP contribution is 2.28. The van der Waals surface area contributed by atoms with Crippen LogP contribution in [-0.4, -0.2) is 20.1 Å². The molecule has 0 spiro atoms. The predicted octanol–water partition coefficient (Wildman–Crippen LogP) is 1.96. The molecule has 1 N–H and O–H groups in total. The number of aryl methyl sites for hydroxylation is 1. The minimum Gasteiger partial charge on any atom is -0.496 e. The summed E-state index contributed by atoms with van der Waals surface area (Å²) in [5.74, 6) is 0.538. The lowest BCUT2D eigenvalue weighted by Crippen LogP contribution is -2.18. The van der Waals surface area contributed by atoms with Crippen molar-refractivity contribution < 1.29 is 13.2 Å². The molecule has 2 aromatic rings. The zero-order valence-electron chi connectivity index (χ0n) is 11.3. The number of sulfonamides is 1. The smallest absolute Gasteiger partial charge is 0.261 e. The Hall–Kier alpha value is -1.80. The lowest BCUT2D eigenvalue weighted by Gasteiger charge is -2.10. The number of nitrogens with one attached hydrogen (secondary N) is 1. The maximum Gasteiger partial charge on any atom is 0.261 e. The molecular formula is C13H13BrN2O4S. The number of nitrogens with zero attached hydrogens (tertiary/aromatic N) is 1. The van der Waals surface area contributed by atoms with Crippen LogP contribution < -0.4 is 15.0 Å². The molecule has 0 saturated carbocycles. The Bertz CT molecular complexity index is 830. The minimum atomic E-state index is -3.74. The molecule has 0 bridgehead atoms. The third-order valence-corrected chi connectivity index (χ3v) is 4.77. The van der Waals surface area contributed by atoms with Crippen LogP contribution in [-0.2, 0) is 17.1 Å². The first-order valence-corrected chi connectivity index (χ1v) is 8.14. The maximum atomic E-state index is 12.3. The number of methoxy groups -OCH3 is 1. The number of anilines is 1. The van der Waals surface area contributed by atoms with Crippen LogP contribution in [0.1, 0.15) is 0 Å². The average molecular weight is 373 g/mol. The summed E-state index contributed by atoms with van der Waals surface area (Å²) in [6, 6.07) is 7.15. The molecule has 0 unspecified atom stereocenters. The third-order valence-electron chi connectivity index (χ3n) is 2.77. The van der Waals surface area contributed by atoms with E-state index in [-0.39, 0.29) is 10.5 Å². The second kappa shape index (κ2) is 5.90. The van der Waals surface area contributed by atoms with Crippen LogP contribution in [0.3, 0.4) is 0 Å². The molecule has 21 heavy (non-hydrogen) atoms. The second-order valence-electron chi connectivity index (χ2n) is 4.27. The predicted molar refractivity (Wildman–Crippen MR) is 83.2 cm³/mol. The van der Waals surface area contributed by atoms with Crippen molar-refractivity contribution in [2.45, 2.75) is 4.90 Å². The number of aromatic nitrogens is 1. The van der Waals surface area contributed by atoms with E-state index in [1.165, 1.54) is 42.1 Å². The van der Waals surface area contributed by atoms with E-state index in [1.54, 1.807) is 13.1 Å². The summed E-state index contributed by atoms with van der Waals surface area (Å²) in [7, 11) is -0.699. The molecule has 0 aliphatic heterocycles. The molecule has 0 amide bonds. The number of hydrogen-bond acceptors (Lipinski definition) is 4. The van der Waals surface area contributed by atoms with Gasteiger partial charge in [-0.05, 0) is 40.2 Å². The van der Waals surface area contributed by atoms with E-state index in [4.69, 9.17) is 4.74 Å². The minimum absolute atomic E-state index is 0.0871. The van der Waals surface area contributed by atoms with Crippen molar-refractivity contribution in [3.63, 3.8) is 0 Å². The van der Waals surface area contributed by atoms with E-state index in [0.29, 0.717) is 15.9 Å². The van der Waals surface area contributed by atoms with E-state index >= 15 is 0 Å². The van der Waals surface area contributed by atoms with Crippen LogP contribution in [0.15, 0.2) is 50.7 Å². The standard InChI is InChI=1S/C13H13BrN2O4S/c1-16-8-9(3-6-13(16)17)15-21(18,19)10-4-5-12(20-2)11(14)7-10/h3-8,15H,1-2H3. The normalized spacial score (nSPS) is 11.2. The van der Waals surface area contributed by atoms with Gasteiger partial charge >= 0.3 is 0 Å². The second-order valence-corrected chi connectivity index (χ2v) is 6.81. The van der Waals surface area contributed by atoms with Gasteiger partial charge in [0.2, 0.25) is 5.56 Å². The zero-order valence-corrected chi connectivity index (χ0v) is 13.7. The zero-order chi connectivity index (χ0) is 15.6. The largest absolute Gasteiger partial charge is 0.496 e. The molecule has 8 heteroatoms. The van der Waals surface area contributed by atoms with Crippen molar-refractivity contribution >= 4 is 31.6 Å². The van der Waals surface area contributed by atoms with E-state index < -0.39 is 10.0 Å². The summed E-state index contributed by atoms with van der Waals surface area (Å²) in [4.78, 5) is 11.4.